The number of benzene rings is 1. The van der Waals surface area contributed by atoms with E-state index in [-0.39, 0.29) is 18.3 Å². The maximum atomic E-state index is 12.5. The Kier molecular flexibility index (Phi) is 4.42. The first-order valence-corrected chi connectivity index (χ1v) is 7.01. The fourth-order valence-corrected chi connectivity index (χ4v) is 2.67. The second-order valence-corrected chi connectivity index (χ2v) is 5.39. The van der Waals surface area contributed by atoms with E-state index in [0.717, 1.165) is 30.4 Å². The minimum atomic E-state index is -0.401. The van der Waals surface area contributed by atoms with Gasteiger partial charge in [0.2, 0.25) is 5.91 Å². The zero-order valence-corrected chi connectivity index (χ0v) is 12.1. The van der Waals surface area contributed by atoms with Crippen LogP contribution in [-0.4, -0.2) is 25.5 Å². The molecular formula is C16H21NO3. The molecule has 4 nitrogen and oxygen atoms in total. The van der Waals surface area contributed by atoms with Gasteiger partial charge in [0.05, 0.1) is 18.9 Å². The Labute approximate surface area is 119 Å². The molecule has 1 N–H and O–H groups in total. The van der Waals surface area contributed by atoms with E-state index >= 15 is 0 Å². The number of hydrogen-bond donors (Lipinski definition) is 1. The number of amides is 1. The van der Waals surface area contributed by atoms with Crippen LogP contribution in [0.1, 0.15) is 36.8 Å². The second kappa shape index (κ2) is 6.07. The van der Waals surface area contributed by atoms with Crippen LogP contribution in [0.5, 0.6) is 0 Å². The molecule has 20 heavy (non-hydrogen) atoms. The topological polar surface area (TPSA) is 55.4 Å². The predicted octanol–water partition coefficient (Wildman–Crippen LogP) is 2.10. The molecule has 0 heterocycles. The average molecular weight is 275 g/mol. The lowest BCUT2D eigenvalue weighted by Crippen LogP contribution is -2.49. The summed E-state index contributed by atoms with van der Waals surface area (Å²) in [5.74, 6) is -0.276. The van der Waals surface area contributed by atoms with Crippen LogP contribution in [0.25, 0.3) is 0 Å². The van der Waals surface area contributed by atoms with Crippen molar-refractivity contribution in [3.63, 3.8) is 0 Å². The zero-order chi connectivity index (χ0) is 14.6. The predicted molar refractivity (Wildman–Crippen MR) is 76.4 cm³/mol. The highest BCUT2D eigenvalue weighted by Crippen LogP contribution is 2.44. The van der Waals surface area contributed by atoms with Crippen LogP contribution in [0.4, 0.5) is 0 Å². The molecule has 1 aliphatic carbocycles. The molecule has 0 atom stereocenters. The van der Waals surface area contributed by atoms with E-state index in [1.165, 1.54) is 7.11 Å². The summed E-state index contributed by atoms with van der Waals surface area (Å²) in [6.45, 7) is 2.37. The summed E-state index contributed by atoms with van der Waals surface area (Å²) in [5.41, 5.74) is 1.85. The van der Waals surface area contributed by atoms with Crippen molar-refractivity contribution in [2.75, 3.05) is 13.7 Å². The van der Waals surface area contributed by atoms with Gasteiger partial charge in [0.1, 0.15) is 0 Å². The van der Waals surface area contributed by atoms with Gasteiger partial charge in [-0.2, -0.15) is 0 Å². The zero-order valence-electron chi connectivity index (χ0n) is 12.1. The highest BCUT2D eigenvalue weighted by atomic mass is 16.5. The van der Waals surface area contributed by atoms with Crippen LogP contribution in [0.15, 0.2) is 24.3 Å². The first-order chi connectivity index (χ1) is 9.58. The minimum Gasteiger partial charge on any atom is -0.469 e. The lowest BCUT2D eigenvalue weighted by molar-refractivity contribution is -0.140. The number of carbonyl (C=O) groups excluding carboxylic acids is 2. The third-order valence-electron chi connectivity index (χ3n) is 4.05. The normalized spacial score (nSPS) is 16.1. The van der Waals surface area contributed by atoms with E-state index in [2.05, 4.69) is 16.1 Å². The van der Waals surface area contributed by atoms with Crippen LogP contribution in [-0.2, 0) is 19.7 Å². The Balaban J connectivity index is 2.03. The molecule has 1 aliphatic rings. The third-order valence-corrected chi connectivity index (χ3v) is 4.05. The van der Waals surface area contributed by atoms with Crippen LogP contribution in [0.2, 0.25) is 0 Å². The van der Waals surface area contributed by atoms with Crippen LogP contribution >= 0.6 is 0 Å². The highest BCUT2D eigenvalue weighted by Gasteiger charge is 2.45. The van der Waals surface area contributed by atoms with Crippen LogP contribution in [0.3, 0.4) is 0 Å². The van der Waals surface area contributed by atoms with E-state index in [4.69, 9.17) is 0 Å². The largest absolute Gasteiger partial charge is 0.469 e. The molecule has 0 radical (unpaired) electrons. The van der Waals surface area contributed by atoms with Crippen molar-refractivity contribution in [3.05, 3.63) is 35.4 Å². The standard InChI is InChI=1S/C16H21NO3/c1-12-5-3-6-13(11-12)16(8-4-9-16)15(19)17-10-7-14(18)20-2/h3,5-6,11H,4,7-10H2,1-2H3,(H,17,19). The molecule has 1 saturated carbocycles. The number of ether oxygens (including phenoxy) is 1. The van der Waals surface area contributed by atoms with Gasteiger partial charge < -0.3 is 10.1 Å². The number of nitrogens with one attached hydrogen (secondary N) is 1. The van der Waals surface area contributed by atoms with Gasteiger partial charge in [0.25, 0.3) is 0 Å². The summed E-state index contributed by atoms with van der Waals surface area (Å²) in [6, 6.07) is 8.13. The van der Waals surface area contributed by atoms with Gasteiger partial charge in [-0.05, 0) is 25.3 Å². The van der Waals surface area contributed by atoms with E-state index in [0.29, 0.717) is 6.54 Å². The van der Waals surface area contributed by atoms with E-state index in [1.807, 2.05) is 25.1 Å². The number of carbonyl (C=O) groups is 2. The summed E-state index contributed by atoms with van der Waals surface area (Å²) >= 11 is 0. The molecule has 0 aromatic heterocycles. The van der Waals surface area contributed by atoms with E-state index in [9.17, 15) is 9.59 Å². The van der Waals surface area contributed by atoms with Crippen LogP contribution < -0.4 is 5.32 Å². The van der Waals surface area contributed by atoms with Gasteiger partial charge in [0, 0.05) is 6.54 Å². The molecule has 0 unspecified atom stereocenters. The molecule has 1 amide bonds. The maximum absolute atomic E-state index is 12.5. The van der Waals surface area contributed by atoms with Crippen molar-refractivity contribution in [1.29, 1.82) is 0 Å². The smallest absolute Gasteiger partial charge is 0.307 e. The molecule has 0 aliphatic heterocycles. The molecular weight excluding hydrogens is 254 g/mol. The van der Waals surface area contributed by atoms with Gasteiger partial charge in [-0.25, -0.2) is 0 Å². The molecule has 0 spiro atoms. The molecule has 1 aromatic rings. The number of hydrogen-bond acceptors (Lipinski definition) is 3. The summed E-state index contributed by atoms with van der Waals surface area (Å²) in [4.78, 5) is 23.5. The Hall–Kier alpha value is -1.84. The molecule has 0 bridgehead atoms. The van der Waals surface area contributed by atoms with Crippen molar-refractivity contribution in [1.82, 2.24) is 5.32 Å². The fourth-order valence-electron chi connectivity index (χ4n) is 2.67. The van der Waals surface area contributed by atoms with Crippen molar-refractivity contribution < 1.29 is 14.3 Å². The maximum Gasteiger partial charge on any atom is 0.307 e. The van der Waals surface area contributed by atoms with E-state index < -0.39 is 5.41 Å². The van der Waals surface area contributed by atoms with Gasteiger partial charge in [-0.3, -0.25) is 9.59 Å². The Bertz CT molecular complexity index is 506. The fraction of sp³-hybridized carbons (Fsp3) is 0.500. The summed E-state index contributed by atoms with van der Waals surface area (Å²) in [6.07, 6.45) is 3.03. The first kappa shape index (κ1) is 14.6. The van der Waals surface area contributed by atoms with Gasteiger partial charge in [-0.1, -0.05) is 36.2 Å². The first-order valence-electron chi connectivity index (χ1n) is 7.01. The van der Waals surface area contributed by atoms with Crippen molar-refractivity contribution in [2.24, 2.45) is 0 Å². The molecule has 2 rings (SSSR count). The van der Waals surface area contributed by atoms with Crippen LogP contribution in [0, 0.1) is 6.92 Å². The van der Waals surface area contributed by atoms with Crippen molar-refractivity contribution in [3.8, 4) is 0 Å². The van der Waals surface area contributed by atoms with E-state index in [1.54, 1.807) is 0 Å². The lowest BCUT2D eigenvalue weighted by Gasteiger charge is -2.41. The Morgan fingerprint density at radius 2 is 2.10 bits per heavy atom. The second-order valence-electron chi connectivity index (χ2n) is 5.39. The molecule has 0 saturated heterocycles. The lowest BCUT2D eigenvalue weighted by atomic mass is 9.63. The molecule has 1 fully saturated rings. The van der Waals surface area contributed by atoms with Gasteiger partial charge in [-0.15, -0.1) is 0 Å². The van der Waals surface area contributed by atoms with Crippen molar-refractivity contribution in [2.45, 2.75) is 38.0 Å². The highest BCUT2D eigenvalue weighted by molar-refractivity contribution is 5.89. The SMILES string of the molecule is COC(=O)CCNC(=O)C1(c2cccc(C)c2)CCC1. The molecule has 4 heteroatoms. The van der Waals surface area contributed by atoms with Gasteiger partial charge >= 0.3 is 5.97 Å². The number of rotatable bonds is 5. The molecule has 108 valence electrons. The summed E-state index contributed by atoms with van der Waals surface area (Å²) in [7, 11) is 1.35. The third kappa shape index (κ3) is 2.84. The number of aryl methyl sites for hydroxylation is 1. The van der Waals surface area contributed by atoms with Crippen molar-refractivity contribution >= 4 is 11.9 Å². The number of esters is 1. The monoisotopic (exact) mass is 275 g/mol. The summed E-state index contributed by atoms with van der Waals surface area (Å²) < 4.78 is 4.57. The minimum absolute atomic E-state index is 0.0262. The average Bonchev–Trinajstić information content (AvgIpc) is 2.37. The Morgan fingerprint density at radius 3 is 2.65 bits per heavy atom. The Morgan fingerprint density at radius 1 is 1.35 bits per heavy atom. The number of methoxy groups -OCH3 is 1. The summed E-state index contributed by atoms with van der Waals surface area (Å²) in [5, 5.41) is 2.87. The quantitative estimate of drug-likeness (QED) is 0.837. The van der Waals surface area contributed by atoms with Gasteiger partial charge in [0.15, 0.2) is 0 Å². The molecule has 1 aromatic carbocycles.